The maximum Gasteiger partial charge on any atom is 0.321 e. The molecule has 6 rings (SSSR count). The van der Waals surface area contributed by atoms with E-state index in [4.69, 9.17) is 0 Å². The van der Waals surface area contributed by atoms with Crippen molar-refractivity contribution in [3.8, 4) is 0 Å². The first-order valence-corrected chi connectivity index (χ1v) is 15.8. The lowest BCUT2D eigenvalue weighted by Crippen LogP contribution is -2.46. The fourth-order valence-electron chi connectivity index (χ4n) is 8.03. The summed E-state index contributed by atoms with van der Waals surface area (Å²) in [6, 6.07) is 19.0. The zero-order chi connectivity index (χ0) is 27.3. The highest BCUT2D eigenvalue weighted by Crippen LogP contribution is 2.38. The number of carboxylic acid groups (broad SMARTS) is 1. The summed E-state index contributed by atoms with van der Waals surface area (Å²) in [5, 5.41) is 10.3. The minimum absolute atomic E-state index is 0.303. The number of imidazole rings is 1. The van der Waals surface area contributed by atoms with Crippen LogP contribution in [0.15, 0.2) is 60.9 Å². The van der Waals surface area contributed by atoms with Gasteiger partial charge in [-0.1, -0.05) is 61.7 Å². The number of carboxylic acids is 1. The summed E-state index contributed by atoms with van der Waals surface area (Å²) in [5.41, 5.74) is 3.71. The van der Waals surface area contributed by atoms with Gasteiger partial charge in [-0.15, -0.1) is 0 Å². The first kappa shape index (κ1) is 27.5. The van der Waals surface area contributed by atoms with Crippen molar-refractivity contribution >= 4 is 17.0 Å². The van der Waals surface area contributed by atoms with E-state index in [2.05, 4.69) is 73.9 Å². The molecule has 2 aromatic carbocycles. The number of benzene rings is 2. The van der Waals surface area contributed by atoms with E-state index >= 15 is 0 Å². The van der Waals surface area contributed by atoms with E-state index in [1.165, 1.54) is 69.1 Å². The first-order valence-electron chi connectivity index (χ1n) is 15.8. The van der Waals surface area contributed by atoms with E-state index in [1.807, 2.05) is 6.33 Å². The molecule has 0 spiro atoms. The molecule has 2 aliphatic heterocycles. The molecule has 1 aromatic heterocycles. The van der Waals surface area contributed by atoms with Crippen LogP contribution in [0, 0.1) is 17.8 Å². The van der Waals surface area contributed by atoms with Gasteiger partial charge in [-0.3, -0.25) is 9.69 Å². The van der Waals surface area contributed by atoms with Gasteiger partial charge >= 0.3 is 5.97 Å². The second-order valence-electron chi connectivity index (χ2n) is 12.7. The molecule has 40 heavy (non-hydrogen) atoms. The quantitative estimate of drug-likeness (QED) is 0.327. The number of fused-ring (bicyclic) bond motifs is 1. The van der Waals surface area contributed by atoms with Crippen LogP contribution in [0.5, 0.6) is 0 Å². The first-order chi connectivity index (χ1) is 19.7. The fraction of sp³-hybridized carbons (Fsp3) is 0.588. The second-order valence-corrected chi connectivity index (χ2v) is 12.7. The minimum atomic E-state index is -0.608. The largest absolute Gasteiger partial charge is 0.480 e. The molecule has 3 aromatic rings. The van der Waals surface area contributed by atoms with Crippen LogP contribution in [-0.2, 0) is 11.3 Å². The van der Waals surface area contributed by atoms with Crippen LogP contribution < -0.4 is 0 Å². The summed E-state index contributed by atoms with van der Waals surface area (Å²) in [6.07, 6.45) is 12.8. The van der Waals surface area contributed by atoms with Crippen LogP contribution in [-0.4, -0.2) is 69.2 Å². The predicted molar refractivity (Wildman–Crippen MR) is 160 cm³/mol. The van der Waals surface area contributed by atoms with Crippen molar-refractivity contribution < 1.29 is 9.90 Å². The summed E-state index contributed by atoms with van der Waals surface area (Å²) < 4.78 is 2.30. The highest BCUT2D eigenvalue weighted by Gasteiger charge is 2.43. The number of hydrogen-bond acceptors (Lipinski definition) is 4. The Hall–Kier alpha value is -2.70. The van der Waals surface area contributed by atoms with E-state index in [-0.39, 0.29) is 6.04 Å². The van der Waals surface area contributed by atoms with Gasteiger partial charge in [0.1, 0.15) is 6.04 Å². The van der Waals surface area contributed by atoms with Gasteiger partial charge in [-0.2, -0.15) is 0 Å². The third kappa shape index (κ3) is 6.28. The van der Waals surface area contributed by atoms with Crippen molar-refractivity contribution in [1.82, 2.24) is 19.4 Å². The Balaban J connectivity index is 1.04. The van der Waals surface area contributed by atoms with Crippen LogP contribution in [0.2, 0.25) is 0 Å². The number of carbonyl (C=O) groups is 1. The van der Waals surface area contributed by atoms with Gasteiger partial charge in [0.05, 0.1) is 17.4 Å². The number of piperidine rings is 1. The van der Waals surface area contributed by atoms with E-state index in [0.29, 0.717) is 17.8 Å². The maximum atomic E-state index is 12.5. The minimum Gasteiger partial charge on any atom is -0.480 e. The number of nitrogens with zero attached hydrogens (tertiary/aromatic N) is 4. The average molecular weight is 543 g/mol. The normalized spacial score (nSPS) is 24.5. The molecule has 214 valence electrons. The summed E-state index contributed by atoms with van der Waals surface area (Å²) in [7, 11) is 0. The summed E-state index contributed by atoms with van der Waals surface area (Å²) in [4.78, 5) is 22.1. The molecule has 3 fully saturated rings. The SMILES string of the molecule is O=C(O)C(C1CCCCC1)N1C[C@H](CN2CCC(CCCn3cnc4ccccc43)CC2)[C@@H](c2ccccc2)C1. The zero-order valence-electron chi connectivity index (χ0n) is 23.9. The molecule has 0 bridgehead atoms. The Morgan fingerprint density at radius 1 is 0.925 bits per heavy atom. The van der Waals surface area contributed by atoms with Crippen LogP contribution >= 0.6 is 0 Å². The molecule has 1 unspecified atom stereocenters. The van der Waals surface area contributed by atoms with Crippen LogP contribution in [0.1, 0.15) is 69.3 Å². The van der Waals surface area contributed by atoms with E-state index in [0.717, 1.165) is 50.5 Å². The van der Waals surface area contributed by atoms with Crippen molar-refractivity contribution in [3.63, 3.8) is 0 Å². The molecule has 0 amide bonds. The highest BCUT2D eigenvalue weighted by molar-refractivity contribution is 5.75. The summed E-state index contributed by atoms with van der Waals surface area (Å²) in [5.74, 6) is 1.40. The number of hydrogen-bond donors (Lipinski definition) is 1. The Labute approximate surface area is 239 Å². The second kappa shape index (κ2) is 12.9. The standard InChI is InChI=1S/C34H46N4O2/c39-34(40)33(28-13-5-2-6-14-28)38-23-29(30(24-38)27-11-3-1-4-12-27)22-36-20-17-26(18-21-36)10-9-19-37-25-35-31-15-7-8-16-32(31)37/h1,3-4,7-8,11-12,15-16,25-26,28-30,33H,2,5-6,9-10,13-14,17-24H2,(H,39,40)/t29-,30+,33?/m0/s1. The maximum absolute atomic E-state index is 12.5. The molecular formula is C34H46N4O2. The number of aryl methyl sites for hydroxylation is 1. The lowest BCUT2D eigenvalue weighted by molar-refractivity contribution is -0.145. The lowest BCUT2D eigenvalue weighted by atomic mass is 9.83. The number of likely N-dealkylation sites (tertiary alicyclic amines) is 2. The van der Waals surface area contributed by atoms with Gasteiger partial charge in [-0.05, 0) is 87.1 Å². The van der Waals surface area contributed by atoms with Crippen LogP contribution in [0.25, 0.3) is 11.0 Å². The van der Waals surface area contributed by atoms with Crippen molar-refractivity contribution in [3.05, 3.63) is 66.5 Å². The van der Waals surface area contributed by atoms with E-state index in [9.17, 15) is 9.90 Å². The third-order valence-corrected chi connectivity index (χ3v) is 10.2. The Kier molecular flexibility index (Phi) is 8.83. The molecule has 3 aliphatic rings. The fourth-order valence-corrected chi connectivity index (χ4v) is 8.03. The smallest absolute Gasteiger partial charge is 0.321 e. The van der Waals surface area contributed by atoms with Crippen LogP contribution in [0.4, 0.5) is 0 Å². The molecule has 1 aliphatic carbocycles. The molecule has 1 saturated carbocycles. The third-order valence-electron chi connectivity index (χ3n) is 10.2. The summed E-state index contributed by atoms with van der Waals surface area (Å²) >= 11 is 0. The van der Waals surface area contributed by atoms with E-state index < -0.39 is 5.97 Å². The van der Waals surface area contributed by atoms with Crippen molar-refractivity contribution in [2.24, 2.45) is 17.8 Å². The van der Waals surface area contributed by atoms with Gasteiger partial charge in [0.15, 0.2) is 0 Å². The monoisotopic (exact) mass is 542 g/mol. The van der Waals surface area contributed by atoms with Gasteiger partial charge in [0.2, 0.25) is 0 Å². The number of para-hydroxylation sites is 2. The van der Waals surface area contributed by atoms with Gasteiger partial charge in [-0.25, -0.2) is 4.98 Å². The topological polar surface area (TPSA) is 61.6 Å². The molecule has 6 nitrogen and oxygen atoms in total. The molecule has 0 radical (unpaired) electrons. The Morgan fingerprint density at radius 2 is 1.68 bits per heavy atom. The van der Waals surface area contributed by atoms with Crippen LogP contribution in [0.3, 0.4) is 0 Å². The number of aliphatic carboxylic acids is 1. The Bertz CT molecular complexity index is 1230. The molecule has 3 atom stereocenters. The van der Waals surface area contributed by atoms with Gasteiger partial charge in [0.25, 0.3) is 0 Å². The summed E-state index contributed by atoms with van der Waals surface area (Å²) in [6.45, 7) is 6.25. The zero-order valence-corrected chi connectivity index (χ0v) is 23.9. The molecule has 1 N–H and O–H groups in total. The molecular weight excluding hydrogens is 496 g/mol. The van der Waals surface area contributed by atoms with Gasteiger partial charge in [0, 0.05) is 32.1 Å². The van der Waals surface area contributed by atoms with E-state index in [1.54, 1.807) is 0 Å². The highest BCUT2D eigenvalue weighted by atomic mass is 16.4. The van der Waals surface area contributed by atoms with Crippen molar-refractivity contribution in [2.75, 3.05) is 32.7 Å². The Morgan fingerprint density at radius 3 is 2.45 bits per heavy atom. The lowest BCUT2D eigenvalue weighted by Gasteiger charge is -2.35. The predicted octanol–water partition coefficient (Wildman–Crippen LogP) is 6.28. The van der Waals surface area contributed by atoms with Crippen molar-refractivity contribution in [2.45, 2.75) is 76.3 Å². The van der Waals surface area contributed by atoms with Gasteiger partial charge < -0.3 is 14.6 Å². The molecule has 6 heteroatoms. The molecule has 3 heterocycles. The van der Waals surface area contributed by atoms with Crippen molar-refractivity contribution in [1.29, 1.82) is 0 Å². The number of aromatic nitrogens is 2. The molecule has 2 saturated heterocycles. The number of rotatable bonds is 10. The average Bonchev–Trinajstić information content (AvgIpc) is 3.59.